The molecule has 0 aliphatic carbocycles. The van der Waals surface area contributed by atoms with Crippen LogP contribution >= 0.6 is 0 Å². The molecule has 0 atom stereocenters. The van der Waals surface area contributed by atoms with Gasteiger partial charge >= 0.3 is 12.0 Å². The summed E-state index contributed by atoms with van der Waals surface area (Å²) >= 11 is 0. The summed E-state index contributed by atoms with van der Waals surface area (Å²) in [6.45, 7) is 0.0949. The molecule has 3 N–H and O–H groups in total. The Kier molecular flexibility index (Phi) is 4.06. The van der Waals surface area contributed by atoms with Crippen LogP contribution in [0.2, 0.25) is 0 Å². The summed E-state index contributed by atoms with van der Waals surface area (Å²) < 4.78 is 0. The van der Waals surface area contributed by atoms with Crippen molar-refractivity contribution in [3.63, 3.8) is 0 Å². The van der Waals surface area contributed by atoms with E-state index in [1.54, 1.807) is 14.1 Å². The summed E-state index contributed by atoms with van der Waals surface area (Å²) in [5.74, 6) is -0.955. The molecular formula is C6H13N3O3. The maximum absolute atomic E-state index is 10.7. The summed E-state index contributed by atoms with van der Waals surface area (Å²) in [5, 5.41) is 10.9. The van der Waals surface area contributed by atoms with Crippen molar-refractivity contribution in [2.24, 2.45) is 5.73 Å². The van der Waals surface area contributed by atoms with E-state index in [1.807, 2.05) is 0 Å². The molecule has 0 bridgehead atoms. The van der Waals surface area contributed by atoms with E-state index in [1.165, 1.54) is 5.01 Å². The second-order valence-electron chi connectivity index (χ2n) is 2.45. The van der Waals surface area contributed by atoms with Gasteiger partial charge in [-0.25, -0.2) is 9.80 Å². The monoisotopic (exact) mass is 175 g/mol. The van der Waals surface area contributed by atoms with Gasteiger partial charge in [-0.2, -0.15) is 0 Å². The highest BCUT2D eigenvalue weighted by atomic mass is 16.4. The van der Waals surface area contributed by atoms with Crippen molar-refractivity contribution in [1.82, 2.24) is 10.0 Å². The number of rotatable bonds is 4. The first-order valence-electron chi connectivity index (χ1n) is 3.41. The Morgan fingerprint density at radius 2 is 1.92 bits per heavy atom. The molecule has 0 saturated heterocycles. The van der Waals surface area contributed by atoms with E-state index in [4.69, 9.17) is 10.8 Å². The second-order valence-corrected chi connectivity index (χ2v) is 2.45. The lowest BCUT2D eigenvalue weighted by Crippen LogP contribution is -2.46. The Morgan fingerprint density at radius 1 is 1.42 bits per heavy atom. The number of nitrogens with two attached hydrogens (primary N) is 1. The molecule has 0 aromatic rings. The number of carbonyl (C=O) groups excluding carboxylic acids is 1. The van der Waals surface area contributed by atoms with Crippen LogP contribution in [-0.4, -0.2) is 47.8 Å². The predicted octanol–water partition coefficient (Wildman–Crippen LogP) is -0.682. The van der Waals surface area contributed by atoms with Crippen LogP contribution in [0, 0.1) is 0 Å². The number of hydrazine groups is 1. The van der Waals surface area contributed by atoms with Gasteiger partial charge in [-0.3, -0.25) is 9.80 Å². The number of aliphatic carboxylic acids is 1. The molecule has 0 aliphatic heterocycles. The lowest BCUT2D eigenvalue weighted by Gasteiger charge is -2.25. The smallest absolute Gasteiger partial charge is 0.329 e. The fraction of sp³-hybridized carbons (Fsp3) is 0.667. The molecule has 0 heterocycles. The van der Waals surface area contributed by atoms with E-state index in [0.29, 0.717) is 0 Å². The van der Waals surface area contributed by atoms with E-state index in [0.717, 1.165) is 5.01 Å². The first-order valence-corrected chi connectivity index (χ1v) is 3.41. The topological polar surface area (TPSA) is 86.9 Å². The third-order valence-electron chi connectivity index (χ3n) is 1.27. The molecule has 0 unspecified atom stereocenters. The van der Waals surface area contributed by atoms with Gasteiger partial charge in [-0.15, -0.1) is 0 Å². The van der Waals surface area contributed by atoms with Crippen molar-refractivity contribution in [2.45, 2.75) is 6.42 Å². The Balaban J connectivity index is 3.97. The van der Waals surface area contributed by atoms with E-state index in [-0.39, 0.29) is 13.0 Å². The van der Waals surface area contributed by atoms with Gasteiger partial charge in [0.15, 0.2) is 0 Å². The number of nitrogens with zero attached hydrogens (tertiary/aromatic N) is 2. The number of carboxylic acids is 1. The number of amides is 2. The third kappa shape index (κ3) is 3.77. The zero-order valence-corrected chi connectivity index (χ0v) is 7.15. The normalized spacial score (nSPS) is 9.92. The fourth-order valence-corrected chi connectivity index (χ4v) is 0.709. The van der Waals surface area contributed by atoms with Crippen LogP contribution in [0.3, 0.4) is 0 Å². The Morgan fingerprint density at radius 3 is 2.17 bits per heavy atom. The molecule has 0 rings (SSSR count). The van der Waals surface area contributed by atoms with Crippen molar-refractivity contribution in [3.05, 3.63) is 0 Å². The predicted molar refractivity (Wildman–Crippen MR) is 42.2 cm³/mol. The third-order valence-corrected chi connectivity index (χ3v) is 1.27. The molecule has 0 saturated carbocycles. The van der Waals surface area contributed by atoms with E-state index >= 15 is 0 Å². The molecule has 12 heavy (non-hydrogen) atoms. The van der Waals surface area contributed by atoms with Gasteiger partial charge in [0.05, 0.1) is 6.42 Å². The molecule has 0 aliphatic rings. The van der Waals surface area contributed by atoms with Gasteiger partial charge in [0.25, 0.3) is 0 Å². The number of carbonyl (C=O) groups is 2. The van der Waals surface area contributed by atoms with E-state index < -0.39 is 12.0 Å². The highest BCUT2D eigenvalue weighted by molar-refractivity contribution is 5.72. The standard InChI is InChI=1S/C6H13N3O3/c1-8(2)9(6(7)12)4-3-5(10)11/h3-4H2,1-2H3,(H2,7,12)(H,10,11). The lowest BCUT2D eigenvalue weighted by molar-refractivity contribution is -0.137. The number of primary amides is 1. The average molecular weight is 175 g/mol. The van der Waals surface area contributed by atoms with Crippen LogP contribution in [0.5, 0.6) is 0 Å². The molecule has 0 aromatic heterocycles. The van der Waals surface area contributed by atoms with E-state index in [9.17, 15) is 9.59 Å². The van der Waals surface area contributed by atoms with Crippen LogP contribution in [-0.2, 0) is 4.79 Å². The molecule has 6 nitrogen and oxygen atoms in total. The number of urea groups is 1. The van der Waals surface area contributed by atoms with Gasteiger partial charge < -0.3 is 10.8 Å². The van der Waals surface area contributed by atoms with Crippen molar-refractivity contribution in [2.75, 3.05) is 20.6 Å². The van der Waals surface area contributed by atoms with E-state index in [2.05, 4.69) is 0 Å². The molecular weight excluding hydrogens is 162 g/mol. The fourth-order valence-electron chi connectivity index (χ4n) is 0.709. The maximum atomic E-state index is 10.7. The second kappa shape index (κ2) is 4.55. The summed E-state index contributed by atoms with van der Waals surface area (Å²) in [6.07, 6.45) is -0.110. The largest absolute Gasteiger partial charge is 0.481 e. The molecule has 2 amide bonds. The highest BCUT2D eigenvalue weighted by Crippen LogP contribution is 1.93. The molecule has 70 valence electrons. The Hall–Kier alpha value is -1.30. The molecule has 6 heteroatoms. The van der Waals surface area contributed by atoms with Gasteiger partial charge in [-0.1, -0.05) is 0 Å². The average Bonchev–Trinajstić information content (AvgIpc) is 1.84. The summed E-state index contributed by atoms with van der Waals surface area (Å²) in [4.78, 5) is 20.8. The van der Waals surface area contributed by atoms with Crippen molar-refractivity contribution in [1.29, 1.82) is 0 Å². The van der Waals surface area contributed by atoms with Gasteiger partial charge in [-0.05, 0) is 0 Å². The van der Waals surface area contributed by atoms with Crippen LogP contribution < -0.4 is 5.73 Å². The summed E-state index contributed by atoms with van der Waals surface area (Å²) in [7, 11) is 3.24. The maximum Gasteiger partial charge on any atom is 0.329 e. The molecule has 0 spiro atoms. The van der Waals surface area contributed by atoms with Crippen LogP contribution in [0.1, 0.15) is 6.42 Å². The number of carboxylic acid groups (broad SMARTS) is 1. The number of hydrogen-bond donors (Lipinski definition) is 2. The molecule has 0 radical (unpaired) electrons. The van der Waals surface area contributed by atoms with Gasteiger partial charge in [0, 0.05) is 20.6 Å². The number of hydrogen-bond acceptors (Lipinski definition) is 3. The summed E-state index contributed by atoms with van der Waals surface area (Å²) in [6, 6.07) is -0.652. The first-order chi connectivity index (χ1) is 5.45. The Labute approximate surface area is 70.5 Å². The zero-order valence-electron chi connectivity index (χ0n) is 7.15. The van der Waals surface area contributed by atoms with Crippen molar-refractivity contribution >= 4 is 12.0 Å². The Bertz CT molecular complexity index is 181. The first kappa shape index (κ1) is 10.7. The van der Waals surface area contributed by atoms with Crippen molar-refractivity contribution < 1.29 is 14.7 Å². The van der Waals surface area contributed by atoms with Crippen LogP contribution in [0.25, 0.3) is 0 Å². The van der Waals surface area contributed by atoms with Gasteiger partial charge in [0.2, 0.25) is 0 Å². The quantitative estimate of drug-likeness (QED) is 0.554. The minimum Gasteiger partial charge on any atom is -0.481 e. The zero-order chi connectivity index (χ0) is 9.72. The summed E-state index contributed by atoms with van der Waals surface area (Å²) in [5.41, 5.74) is 4.98. The lowest BCUT2D eigenvalue weighted by atomic mass is 10.4. The van der Waals surface area contributed by atoms with Crippen LogP contribution in [0.4, 0.5) is 4.79 Å². The SMILES string of the molecule is CN(C)N(CCC(=O)O)C(N)=O. The molecule has 0 aromatic carbocycles. The van der Waals surface area contributed by atoms with Crippen molar-refractivity contribution in [3.8, 4) is 0 Å². The molecule has 0 fully saturated rings. The van der Waals surface area contributed by atoms with Gasteiger partial charge in [0.1, 0.15) is 0 Å². The minimum absolute atomic E-state index is 0.0949. The minimum atomic E-state index is -0.955. The highest BCUT2D eigenvalue weighted by Gasteiger charge is 2.12. The van der Waals surface area contributed by atoms with Crippen LogP contribution in [0.15, 0.2) is 0 Å².